The second kappa shape index (κ2) is 6.90. The molecule has 0 bridgehead atoms. The second-order valence-electron chi connectivity index (χ2n) is 4.31. The maximum atomic E-state index is 11.9. The number of halogens is 1. The lowest BCUT2D eigenvalue weighted by Crippen LogP contribution is -2.29. The minimum absolute atomic E-state index is 0. The number of anilines is 1. The third-order valence-electron chi connectivity index (χ3n) is 3.03. The number of fused-ring (bicyclic) bond motifs is 1. The minimum Gasteiger partial charge on any atom is -0.384 e. The molecule has 0 saturated heterocycles. The molecule has 1 atom stereocenters. The van der Waals surface area contributed by atoms with Gasteiger partial charge in [-0.1, -0.05) is 6.92 Å². The van der Waals surface area contributed by atoms with Crippen molar-refractivity contribution in [1.82, 2.24) is 5.32 Å². The Kier molecular flexibility index (Phi) is 5.82. The summed E-state index contributed by atoms with van der Waals surface area (Å²) in [6.45, 7) is 3.80. The van der Waals surface area contributed by atoms with Gasteiger partial charge in [-0.05, 0) is 36.4 Å². The number of carbonyl (C=O) groups is 1. The van der Waals surface area contributed by atoms with Crippen LogP contribution in [0.15, 0.2) is 18.2 Å². The normalized spacial score (nSPS) is 14.1. The Bertz CT molecular complexity index is 425. The molecule has 0 radical (unpaired) electrons. The Morgan fingerprint density at radius 3 is 3.06 bits per heavy atom. The summed E-state index contributed by atoms with van der Waals surface area (Å²) in [4.78, 5) is 11.9. The van der Waals surface area contributed by atoms with E-state index in [9.17, 15) is 4.79 Å². The predicted octanol–water partition coefficient (Wildman–Crippen LogP) is 2.56. The van der Waals surface area contributed by atoms with Gasteiger partial charge in [0.25, 0.3) is 5.91 Å². The lowest BCUT2D eigenvalue weighted by atomic mass is 10.1. The van der Waals surface area contributed by atoms with Crippen LogP contribution in [0.5, 0.6) is 0 Å². The largest absolute Gasteiger partial charge is 0.384 e. The van der Waals surface area contributed by atoms with Crippen molar-refractivity contribution in [1.29, 1.82) is 0 Å². The number of amides is 1. The molecule has 18 heavy (non-hydrogen) atoms. The van der Waals surface area contributed by atoms with Gasteiger partial charge in [0.1, 0.15) is 0 Å². The molecule has 0 aliphatic carbocycles. The molecule has 0 saturated carbocycles. The van der Waals surface area contributed by atoms with E-state index in [0.29, 0.717) is 5.25 Å². The van der Waals surface area contributed by atoms with E-state index in [1.807, 2.05) is 18.2 Å². The molecule has 0 spiro atoms. The van der Waals surface area contributed by atoms with Gasteiger partial charge < -0.3 is 10.6 Å². The predicted molar refractivity (Wildman–Crippen MR) is 81.2 cm³/mol. The Labute approximate surface area is 119 Å². The summed E-state index contributed by atoms with van der Waals surface area (Å²) < 4.78 is 0. The molecular weight excluding hydrogens is 268 g/mol. The van der Waals surface area contributed by atoms with Gasteiger partial charge in [0.2, 0.25) is 0 Å². The van der Waals surface area contributed by atoms with Gasteiger partial charge in [-0.2, -0.15) is 11.8 Å². The molecule has 1 aromatic carbocycles. The van der Waals surface area contributed by atoms with Crippen molar-refractivity contribution >= 4 is 35.8 Å². The van der Waals surface area contributed by atoms with Crippen LogP contribution in [0.3, 0.4) is 0 Å². The number of carbonyl (C=O) groups excluding carboxylic acids is 1. The average molecular weight is 287 g/mol. The van der Waals surface area contributed by atoms with E-state index in [1.165, 1.54) is 11.3 Å². The van der Waals surface area contributed by atoms with Crippen molar-refractivity contribution in [3.05, 3.63) is 29.3 Å². The molecule has 2 N–H and O–H groups in total. The lowest BCUT2D eigenvalue weighted by Gasteiger charge is -2.10. The molecule has 1 aromatic rings. The first kappa shape index (κ1) is 15.2. The van der Waals surface area contributed by atoms with Gasteiger partial charge in [0, 0.05) is 29.6 Å². The molecule has 2 rings (SSSR count). The Morgan fingerprint density at radius 2 is 2.33 bits per heavy atom. The zero-order chi connectivity index (χ0) is 12.3. The van der Waals surface area contributed by atoms with Crippen molar-refractivity contribution in [3.8, 4) is 0 Å². The zero-order valence-electron chi connectivity index (χ0n) is 10.7. The van der Waals surface area contributed by atoms with E-state index in [2.05, 4.69) is 23.8 Å². The van der Waals surface area contributed by atoms with E-state index in [0.717, 1.165) is 25.1 Å². The molecule has 100 valence electrons. The van der Waals surface area contributed by atoms with Gasteiger partial charge >= 0.3 is 0 Å². The van der Waals surface area contributed by atoms with E-state index >= 15 is 0 Å². The number of nitrogens with one attached hydrogen (secondary N) is 2. The van der Waals surface area contributed by atoms with Crippen molar-refractivity contribution in [2.45, 2.75) is 18.6 Å². The maximum absolute atomic E-state index is 11.9. The van der Waals surface area contributed by atoms with Crippen molar-refractivity contribution in [2.75, 3.05) is 24.7 Å². The number of rotatable bonds is 4. The van der Waals surface area contributed by atoms with Gasteiger partial charge in [-0.15, -0.1) is 12.4 Å². The lowest BCUT2D eigenvalue weighted by molar-refractivity contribution is 0.0954. The minimum atomic E-state index is 0. The van der Waals surface area contributed by atoms with Gasteiger partial charge in [0.05, 0.1) is 0 Å². The summed E-state index contributed by atoms with van der Waals surface area (Å²) in [6.07, 6.45) is 3.07. The van der Waals surface area contributed by atoms with Crippen LogP contribution in [0.4, 0.5) is 5.69 Å². The van der Waals surface area contributed by atoms with Crippen LogP contribution in [-0.4, -0.2) is 30.5 Å². The van der Waals surface area contributed by atoms with Crippen LogP contribution in [0.1, 0.15) is 22.8 Å². The number of hydrogen-bond acceptors (Lipinski definition) is 3. The van der Waals surface area contributed by atoms with E-state index < -0.39 is 0 Å². The van der Waals surface area contributed by atoms with Crippen molar-refractivity contribution in [2.24, 2.45) is 0 Å². The highest BCUT2D eigenvalue weighted by Gasteiger charge is 2.13. The Balaban J connectivity index is 0.00000162. The number of thioether (sulfide) groups is 1. The molecule has 0 fully saturated rings. The summed E-state index contributed by atoms with van der Waals surface area (Å²) in [5.74, 6) is 0.0283. The fourth-order valence-electron chi connectivity index (χ4n) is 1.87. The third kappa shape index (κ3) is 3.56. The molecule has 1 heterocycles. The Morgan fingerprint density at radius 1 is 1.56 bits per heavy atom. The number of benzene rings is 1. The smallest absolute Gasteiger partial charge is 0.251 e. The molecule has 1 aliphatic rings. The van der Waals surface area contributed by atoms with E-state index in [4.69, 9.17) is 0 Å². The highest BCUT2D eigenvalue weighted by atomic mass is 35.5. The fourth-order valence-corrected chi connectivity index (χ4v) is 2.12. The van der Waals surface area contributed by atoms with Crippen LogP contribution >= 0.6 is 24.2 Å². The third-order valence-corrected chi connectivity index (χ3v) is 4.00. The van der Waals surface area contributed by atoms with Crippen molar-refractivity contribution in [3.63, 3.8) is 0 Å². The Hall–Kier alpha value is -0.870. The summed E-state index contributed by atoms with van der Waals surface area (Å²) in [5, 5.41) is 6.70. The second-order valence-corrected chi connectivity index (χ2v) is 5.58. The zero-order valence-corrected chi connectivity index (χ0v) is 12.3. The topological polar surface area (TPSA) is 41.1 Å². The highest BCUT2D eigenvalue weighted by molar-refractivity contribution is 7.99. The first-order chi connectivity index (χ1) is 8.20. The quantitative estimate of drug-likeness (QED) is 0.894. The van der Waals surface area contributed by atoms with Crippen LogP contribution < -0.4 is 10.6 Å². The number of hydrogen-bond donors (Lipinski definition) is 2. The molecule has 3 nitrogen and oxygen atoms in total. The van der Waals surface area contributed by atoms with E-state index in [-0.39, 0.29) is 18.3 Å². The highest BCUT2D eigenvalue weighted by Crippen LogP contribution is 2.22. The van der Waals surface area contributed by atoms with Crippen molar-refractivity contribution < 1.29 is 4.79 Å². The summed E-state index contributed by atoms with van der Waals surface area (Å²) in [7, 11) is 0. The van der Waals surface area contributed by atoms with Crippen LogP contribution in [0.25, 0.3) is 0 Å². The standard InChI is InChI=1S/C13H18N2OS.ClH/c1-9(17-2)8-15-13(16)11-3-4-12-10(7-11)5-6-14-12;/h3-4,7,9,14H,5-6,8H2,1-2H3,(H,15,16);1H. The van der Waals surface area contributed by atoms with Crippen LogP contribution in [0, 0.1) is 0 Å². The maximum Gasteiger partial charge on any atom is 0.251 e. The van der Waals surface area contributed by atoms with Gasteiger partial charge in [-0.25, -0.2) is 0 Å². The first-order valence-electron chi connectivity index (χ1n) is 5.88. The summed E-state index contributed by atoms with van der Waals surface area (Å²) >= 11 is 1.76. The fraction of sp³-hybridized carbons (Fsp3) is 0.462. The first-order valence-corrected chi connectivity index (χ1v) is 7.17. The molecule has 0 aromatic heterocycles. The summed E-state index contributed by atoms with van der Waals surface area (Å²) in [5.41, 5.74) is 3.18. The van der Waals surface area contributed by atoms with Crippen LogP contribution in [-0.2, 0) is 6.42 Å². The summed E-state index contributed by atoms with van der Waals surface area (Å²) in [6, 6.07) is 5.87. The molecule has 1 unspecified atom stereocenters. The van der Waals surface area contributed by atoms with Crippen LogP contribution in [0.2, 0.25) is 0 Å². The van der Waals surface area contributed by atoms with Gasteiger partial charge in [0.15, 0.2) is 0 Å². The van der Waals surface area contributed by atoms with E-state index in [1.54, 1.807) is 11.8 Å². The molecule has 1 aliphatic heterocycles. The molecule has 5 heteroatoms. The van der Waals surface area contributed by atoms with Gasteiger partial charge in [-0.3, -0.25) is 4.79 Å². The molecule has 1 amide bonds. The molecular formula is C13H19ClN2OS. The SMILES string of the molecule is CSC(C)CNC(=O)c1ccc2c(c1)CCN2.Cl. The monoisotopic (exact) mass is 286 g/mol. The average Bonchev–Trinajstić information content (AvgIpc) is 2.82.